The number of carbonyl (C=O) groups excluding carboxylic acids is 1. The Morgan fingerprint density at radius 2 is 1.94 bits per heavy atom. The van der Waals surface area contributed by atoms with Gasteiger partial charge in [-0.05, 0) is 33.2 Å². The molecule has 0 aromatic carbocycles. The van der Waals surface area contributed by atoms with Gasteiger partial charge in [0.1, 0.15) is 0 Å². The van der Waals surface area contributed by atoms with E-state index < -0.39 is 0 Å². The Morgan fingerprint density at radius 1 is 1.24 bits per heavy atom. The van der Waals surface area contributed by atoms with Gasteiger partial charge in [-0.1, -0.05) is 13.8 Å². The molecule has 0 aliphatic carbocycles. The Balaban J connectivity index is 3.77. The zero-order valence-electron chi connectivity index (χ0n) is 11.6. The van der Waals surface area contributed by atoms with Gasteiger partial charge in [-0.25, -0.2) is 0 Å². The molecule has 0 rings (SSSR count). The van der Waals surface area contributed by atoms with E-state index >= 15 is 0 Å². The van der Waals surface area contributed by atoms with Crippen molar-refractivity contribution in [1.29, 1.82) is 0 Å². The quantitative estimate of drug-likeness (QED) is 0.473. The third-order valence-corrected chi connectivity index (χ3v) is 2.36. The fourth-order valence-electron chi connectivity index (χ4n) is 1.61. The van der Waals surface area contributed by atoms with Crippen LogP contribution in [0.25, 0.3) is 0 Å². The first-order valence-corrected chi connectivity index (χ1v) is 6.60. The summed E-state index contributed by atoms with van der Waals surface area (Å²) in [6.07, 6.45) is 2.27. The molecule has 0 saturated heterocycles. The Hall–Kier alpha value is -0.610. The number of carbonyl (C=O) groups is 1. The molecule has 1 atom stereocenters. The predicted octanol–water partition coefficient (Wildman–Crippen LogP) is 2.12. The molecule has 0 amide bonds. The summed E-state index contributed by atoms with van der Waals surface area (Å²) in [4.78, 5) is 11.4. The summed E-state index contributed by atoms with van der Waals surface area (Å²) in [5, 5.41) is 3.35. The standard InChI is InChI=1S/C13H27NO3/c1-5-16-12(10-13(15)17-6-2)8-7-9-14-11(3)4/h11-12,14H,5-10H2,1-4H3. The lowest BCUT2D eigenvalue weighted by Crippen LogP contribution is -2.26. The van der Waals surface area contributed by atoms with Crippen LogP contribution in [-0.2, 0) is 14.3 Å². The number of hydrogen-bond acceptors (Lipinski definition) is 4. The highest BCUT2D eigenvalue weighted by atomic mass is 16.5. The van der Waals surface area contributed by atoms with E-state index in [1.54, 1.807) is 0 Å². The van der Waals surface area contributed by atoms with Crippen LogP contribution in [0.4, 0.5) is 0 Å². The first kappa shape index (κ1) is 16.4. The lowest BCUT2D eigenvalue weighted by molar-refractivity contribution is -0.146. The highest BCUT2D eigenvalue weighted by Crippen LogP contribution is 2.08. The largest absolute Gasteiger partial charge is 0.466 e. The van der Waals surface area contributed by atoms with Gasteiger partial charge in [-0.2, -0.15) is 0 Å². The van der Waals surface area contributed by atoms with E-state index in [4.69, 9.17) is 9.47 Å². The van der Waals surface area contributed by atoms with Crippen LogP contribution in [0.2, 0.25) is 0 Å². The molecule has 0 spiro atoms. The van der Waals surface area contributed by atoms with Crippen molar-refractivity contribution in [3.05, 3.63) is 0 Å². The first-order valence-electron chi connectivity index (χ1n) is 6.60. The Bertz CT molecular complexity index is 195. The van der Waals surface area contributed by atoms with Gasteiger partial charge in [-0.3, -0.25) is 4.79 Å². The summed E-state index contributed by atoms with van der Waals surface area (Å²) in [7, 11) is 0. The highest BCUT2D eigenvalue weighted by molar-refractivity contribution is 5.69. The molecule has 0 aromatic rings. The maximum atomic E-state index is 11.4. The van der Waals surface area contributed by atoms with E-state index in [2.05, 4.69) is 19.2 Å². The SMILES string of the molecule is CCOC(=O)CC(CCCNC(C)C)OCC. The van der Waals surface area contributed by atoms with Gasteiger partial charge in [0.25, 0.3) is 0 Å². The number of esters is 1. The monoisotopic (exact) mass is 245 g/mol. The van der Waals surface area contributed by atoms with Crippen molar-refractivity contribution < 1.29 is 14.3 Å². The van der Waals surface area contributed by atoms with Crippen molar-refractivity contribution in [3.63, 3.8) is 0 Å². The van der Waals surface area contributed by atoms with E-state index in [9.17, 15) is 4.79 Å². The summed E-state index contributed by atoms with van der Waals surface area (Å²) < 4.78 is 10.5. The Kier molecular flexibility index (Phi) is 10.2. The minimum Gasteiger partial charge on any atom is -0.466 e. The van der Waals surface area contributed by atoms with Gasteiger partial charge in [0, 0.05) is 12.6 Å². The van der Waals surface area contributed by atoms with Crippen LogP contribution in [0, 0.1) is 0 Å². The molecule has 0 bridgehead atoms. The number of hydrogen-bond donors (Lipinski definition) is 1. The van der Waals surface area contributed by atoms with E-state index in [1.807, 2.05) is 13.8 Å². The summed E-state index contributed by atoms with van der Waals surface area (Å²) in [6, 6.07) is 0.505. The van der Waals surface area contributed by atoms with Crippen LogP contribution in [-0.4, -0.2) is 37.9 Å². The zero-order chi connectivity index (χ0) is 13.1. The summed E-state index contributed by atoms with van der Waals surface area (Å²) in [5.74, 6) is -0.164. The normalized spacial score (nSPS) is 12.8. The van der Waals surface area contributed by atoms with Crippen molar-refractivity contribution in [2.24, 2.45) is 0 Å². The van der Waals surface area contributed by atoms with Gasteiger partial charge in [-0.15, -0.1) is 0 Å². The van der Waals surface area contributed by atoms with E-state index in [0.717, 1.165) is 19.4 Å². The smallest absolute Gasteiger partial charge is 0.308 e. The van der Waals surface area contributed by atoms with Crippen LogP contribution in [0.15, 0.2) is 0 Å². The molecule has 0 aliphatic heterocycles. The Morgan fingerprint density at radius 3 is 2.47 bits per heavy atom. The van der Waals surface area contributed by atoms with Gasteiger partial charge < -0.3 is 14.8 Å². The molecule has 0 radical (unpaired) electrons. The summed E-state index contributed by atoms with van der Waals surface area (Å²) >= 11 is 0. The number of rotatable bonds is 10. The maximum Gasteiger partial charge on any atom is 0.308 e. The molecule has 1 N–H and O–H groups in total. The third kappa shape index (κ3) is 10.3. The van der Waals surface area contributed by atoms with Gasteiger partial charge in [0.15, 0.2) is 0 Å². The predicted molar refractivity (Wildman–Crippen MR) is 69.0 cm³/mol. The molecule has 0 aliphatic rings. The first-order chi connectivity index (χ1) is 8.10. The molecule has 4 nitrogen and oxygen atoms in total. The van der Waals surface area contributed by atoms with Crippen molar-refractivity contribution in [1.82, 2.24) is 5.32 Å². The molecule has 0 fully saturated rings. The molecule has 0 heterocycles. The summed E-state index contributed by atoms with van der Waals surface area (Å²) in [6.45, 7) is 10.1. The molecular formula is C13H27NO3. The van der Waals surface area contributed by atoms with Crippen molar-refractivity contribution in [2.75, 3.05) is 19.8 Å². The summed E-state index contributed by atoms with van der Waals surface area (Å²) in [5.41, 5.74) is 0. The zero-order valence-corrected chi connectivity index (χ0v) is 11.6. The fraction of sp³-hybridized carbons (Fsp3) is 0.923. The molecular weight excluding hydrogens is 218 g/mol. The third-order valence-electron chi connectivity index (χ3n) is 2.36. The second-order valence-corrected chi connectivity index (χ2v) is 4.34. The van der Waals surface area contributed by atoms with Crippen molar-refractivity contribution >= 4 is 5.97 Å². The van der Waals surface area contributed by atoms with Gasteiger partial charge in [0.05, 0.1) is 19.1 Å². The molecule has 0 saturated carbocycles. The lowest BCUT2D eigenvalue weighted by Gasteiger charge is -2.16. The molecule has 0 aromatic heterocycles. The fourth-order valence-corrected chi connectivity index (χ4v) is 1.61. The Labute approximate surface area is 105 Å². The van der Waals surface area contributed by atoms with Crippen LogP contribution in [0.3, 0.4) is 0 Å². The van der Waals surface area contributed by atoms with Crippen molar-refractivity contribution in [2.45, 2.75) is 59.1 Å². The van der Waals surface area contributed by atoms with Crippen LogP contribution >= 0.6 is 0 Å². The van der Waals surface area contributed by atoms with E-state index in [1.165, 1.54) is 0 Å². The number of nitrogens with one attached hydrogen (secondary N) is 1. The van der Waals surface area contributed by atoms with Crippen LogP contribution in [0.5, 0.6) is 0 Å². The van der Waals surface area contributed by atoms with Crippen molar-refractivity contribution in [3.8, 4) is 0 Å². The topological polar surface area (TPSA) is 47.6 Å². The second kappa shape index (κ2) is 10.5. The molecule has 4 heteroatoms. The lowest BCUT2D eigenvalue weighted by atomic mass is 10.1. The van der Waals surface area contributed by atoms with E-state index in [0.29, 0.717) is 25.7 Å². The minimum absolute atomic E-state index is 0.00647. The van der Waals surface area contributed by atoms with E-state index in [-0.39, 0.29) is 12.1 Å². The van der Waals surface area contributed by atoms with Crippen LogP contribution in [0.1, 0.15) is 47.0 Å². The average molecular weight is 245 g/mol. The second-order valence-electron chi connectivity index (χ2n) is 4.34. The highest BCUT2D eigenvalue weighted by Gasteiger charge is 2.14. The van der Waals surface area contributed by atoms with Gasteiger partial charge in [0.2, 0.25) is 0 Å². The number of ether oxygens (including phenoxy) is 2. The minimum atomic E-state index is -0.164. The molecule has 1 unspecified atom stereocenters. The maximum absolute atomic E-state index is 11.4. The van der Waals surface area contributed by atoms with Crippen LogP contribution < -0.4 is 5.32 Å². The molecule has 17 heavy (non-hydrogen) atoms. The van der Waals surface area contributed by atoms with Gasteiger partial charge >= 0.3 is 5.97 Å². The average Bonchev–Trinajstić information content (AvgIpc) is 2.24. The molecule has 102 valence electrons.